The fourth-order valence-electron chi connectivity index (χ4n) is 1.86. The first-order chi connectivity index (χ1) is 7.08. The molecule has 0 radical (unpaired) electrons. The number of aryl methyl sites for hydroxylation is 4. The molecule has 0 N–H and O–H groups in total. The summed E-state index contributed by atoms with van der Waals surface area (Å²) in [4.78, 5) is 7.23. The molecule has 0 bridgehead atoms. The summed E-state index contributed by atoms with van der Waals surface area (Å²) in [6, 6.07) is 4.42. The molecule has 0 spiro atoms. The third kappa shape index (κ3) is 1.95. The van der Waals surface area contributed by atoms with Crippen molar-refractivity contribution in [3.63, 3.8) is 0 Å². The van der Waals surface area contributed by atoms with Gasteiger partial charge in [0, 0.05) is 21.5 Å². The molecule has 0 unspecified atom stereocenters. The van der Waals surface area contributed by atoms with Gasteiger partial charge in [-0.05, 0) is 44.9 Å². The van der Waals surface area contributed by atoms with E-state index in [1.54, 1.807) is 0 Å². The molecule has 0 aliphatic heterocycles. The van der Waals surface area contributed by atoms with E-state index in [0.717, 1.165) is 5.69 Å². The minimum Gasteiger partial charge on any atom is -0.256 e. The van der Waals surface area contributed by atoms with Crippen LogP contribution in [0.5, 0.6) is 0 Å². The largest absolute Gasteiger partial charge is 0.256 e. The van der Waals surface area contributed by atoms with E-state index in [0.29, 0.717) is 0 Å². The number of thiophene rings is 1. The molecular weight excluding hydrogens is 202 g/mol. The molecule has 2 heteroatoms. The molecule has 1 nitrogen and oxygen atoms in total. The standard InChI is InChI=1S/C13H15NS/c1-8-5-9(2)13(14-7-8)12-6-10(3)15-11(12)4/h5-7H,1-4H3. The molecule has 0 atom stereocenters. The highest BCUT2D eigenvalue weighted by Crippen LogP contribution is 2.31. The summed E-state index contributed by atoms with van der Waals surface area (Å²) in [5.41, 5.74) is 4.90. The zero-order valence-electron chi connectivity index (χ0n) is 9.59. The second-order valence-corrected chi connectivity index (χ2v) is 5.47. The van der Waals surface area contributed by atoms with Crippen LogP contribution in [0.15, 0.2) is 18.3 Å². The van der Waals surface area contributed by atoms with Crippen LogP contribution in [0.4, 0.5) is 0 Å². The summed E-state index contributed by atoms with van der Waals surface area (Å²) >= 11 is 1.84. The van der Waals surface area contributed by atoms with E-state index in [9.17, 15) is 0 Å². The van der Waals surface area contributed by atoms with Gasteiger partial charge in [0.05, 0.1) is 5.69 Å². The lowest BCUT2D eigenvalue weighted by Crippen LogP contribution is -1.89. The summed E-state index contributed by atoms with van der Waals surface area (Å²) in [7, 11) is 0. The van der Waals surface area contributed by atoms with Crippen molar-refractivity contribution >= 4 is 11.3 Å². The van der Waals surface area contributed by atoms with Crippen molar-refractivity contribution < 1.29 is 0 Å². The molecular formula is C13H15NS. The maximum atomic E-state index is 4.53. The molecule has 0 aliphatic carbocycles. The van der Waals surface area contributed by atoms with Gasteiger partial charge in [0.1, 0.15) is 0 Å². The molecule has 15 heavy (non-hydrogen) atoms. The highest BCUT2D eigenvalue weighted by atomic mass is 32.1. The maximum Gasteiger partial charge on any atom is 0.0742 e. The van der Waals surface area contributed by atoms with Crippen molar-refractivity contribution in [2.75, 3.05) is 0 Å². The minimum atomic E-state index is 1.13. The van der Waals surface area contributed by atoms with Gasteiger partial charge in [-0.25, -0.2) is 0 Å². The van der Waals surface area contributed by atoms with Crippen molar-refractivity contribution in [2.24, 2.45) is 0 Å². The van der Waals surface area contributed by atoms with E-state index in [-0.39, 0.29) is 0 Å². The molecule has 78 valence electrons. The Labute approximate surface area is 94.8 Å². The van der Waals surface area contributed by atoms with Crippen molar-refractivity contribution in [1.82, 2.24) is 4.98 Å². The van der Waals surface area contributed by atoms with Crippen LogP contribution < -0.4 is 0 Å². The van der Waals surface area contributed by atoms with Crippen LogP contribution in [0.25, 0.3) is 11.3 Å². The van der Waals surface area contributed by atoms with Crippen LogP contribution >= 0.6 is 11.3 Å². The zero-order valence-corrected chi connectivity index (χ0v) is 10.4. The Balaban J connectivity index is 2.59. The normalized spacial score (nSPS) is 10.7. The van der Waals surface area contributed by atoms with Crippen LogP contribution in [-0.4, -0.2) is 4.98 Å². The molecule has 2 aromatic heterocycles. The van der Waals surface area contributed by atoms with Crippen LogP contribution in [0.2, 0.25) is 0 Å². The molecule has 0 saturated carbocycles. The quantitative estimate of drug-likeness (QED) is 0.702. The molecule has 0 aliphatic rings. The highest BCUT2D eigenvalue weighted by molar-refractivity contribution is 7.12. The maximum absolute atomic E-state index is 4.53. The lowest BCUT2D eigenvalue weighted by molar-refractivity contribution is 1.22. The monoisotopic (exact) mass is 217 g/mol. The Morgan fingerprint density at radius 2 is 1.80 bits per heavy atom. The highest BCUT2D eigenvalue weighted by Gasteiger charge is 2.09. The van der Waals surface area contributed by atoms with Gasteiger partial charge < -0.3 is 0 Å². The Morgan fingerprint density at radius 3 is 2.33 bits per heavy atom. The minimum absolute atomic E-state index is 1.13. The van der Waals surface area contributed by atoms with Crippen molar-refractivity contribution in [2.45, 2.75) is 27.7 Å². The Morgan fingerprint density at radius 1 is 1.07 bits per heavy atom. The van der Waals surface area contributed by atoms with E-state index in [1.165, 1.54) is 26.4 Å². The number of hydrogen-bond donors (Lipinski definition) is 0. The van der Waals surface area contributed by atoms with Crippen molar-refractivity contribution in [1.29, 1.82) is 0 Å². The van der Waals surface area contributed by atoms with E-state index in [4.69, 9.17) is 0 Å². The summed E-state index contributed by atoms with van der Waals surface area (Å²) < 4.78 is 0. The van der Waals surface area contributed by atoms with Gasteiger partial charge in [0.25, 0.3) is 0 Å². The van der Waals surface area contributed by atoms with Gasteiger partial charge in [-0.15, -0.1) is 11.3 Å². The van der Waals surface area contributed by atoms with Crippen molar-refractivity contribution in [3.8, 4) is 11.3 Å². The third-order valence-electron chi connectivity index (χ3n) is 2.51. The van der Waals surface area contributed by atoms with Crippen LogP contribution in [0.3, 0.4) is 0 Å². The number of hydrogen-bond acceptors (Lipinski definition) is 2. The third-order valence-corrected chi connectivity index (χ3v) is 3.48. The first kappa shape index (κ1) is 10.4. The summed E-state index contributed by atoms with van der Waals surface area (Å²) in [5, 5.41) is 0. The van der Waals surface area contributed by atoms with Crippen LogP contribution in [-0.2, 0) is 0 Å². The van der Waals surface area contributed by atoms with Crippen molar-refractivity contribution in [3.05, 3.63) is 39.2 Å². The van der Waals surface area contributed by atoms with Crippen LogP contribution in [0, 0.1) is 27.7 Å². The summed E-state index contributed by atoms with van der Waals surface area (Å²) in [6.45, 7) is 8.51. The van der Waals surface area contributed by atoms with Gasteiger partial charge in [0.2, 0.25) is 0 Å². The van der Waals surface area contributed by atoms with E-state index >= 15 is 0 Å². The van der Waals surface area contributed by atoms with E-state index in [1.807, 2.05) is 17.5 Å². The number of aromatic nitrogens is 1. The first-order valence-electron chi connectivity index (χ1n) is 5.08. The topological polar surface area (TPSA) is 12.9 Å². The average molecular weight is 217 g/mol. The first-order valence-corrected chi connectivity index (χ1v) is 5.90. The van der Waals surface area contributed by atoms with Gasteiger partial charge in [-0.3, -0.25) is 4.98 Å². The van der Waals surface area contributed by atoms with Gasteiger partial charge >= 0.3 is 0 Å². The molecule has 2 rings (SSSR count). The second kappa shape index (κ2) is 3.78. The summed E-state index contributed by atoms with van der Waals surface area (Å²) in [5.74, 6) is 0. The predicted octanol–water partition coefficient (Wildman–Crippen LogP) is 4.04. The fourth-order valence-corrected chi connectivity index (χ4v) is 2.79. The molecule has 2 aromatic rings. The van der Waals surface area contributed by atoms with Gasteiger partial charge in [0.15, 0.2) is 0 Å². The molecule has 0 saturated heterocycles. The Kier molecular flexibility index (Phi) is 2.61. The number of rotatable bonds is 1. The second-order valence-electron chi connectivity index (χ2n) is 4.01. The molecule has 0 amide bonds. The van der Waals surface area contributed by atoms with E-state index < -0.39 is 0 Å². The molecule has 0 fully saturated rings. The lowest BCUT2D eigenvalue weighted by atomic mass is 10.1. The number of pyridine rings is 1. The summed E-state index contributed by atoms with van der Waals surface area (Å²) in [6.07, 6.45) is 1.94. The van der Waals surface area contributed by atoms with Gasteiger partial charge in [-0.1, -0.05) is 6.07 Å². The molecule has 2 heterocycles. The lowest BCUT2D eigenvalue weighted by Gasteiger charge is -2.04. The zero-order chi connectivity index (χ0) is 11.0. The molecule has 0 aromatic carbocycles. The Hall–Kier alpha value is -1.15. The SMILES string of the molecule is Cc1cnc(-c2cc(C)sc2C)c(C)c1. The smallest absolute Gasteiger partial charge is 0.0742 e. The van der Waals surface area contributed by atoms with Gasteiger partial charge in [-0.2, -0.15) is 0 Å². The van der Waals surface area contributed by atoms with E-state index in [2.05, 4.69) is 44.8 Å². The average Bonchev–Trinajstić information content (AvgIpc) is 2.45. The predicted molar refractivity (Wildman–Crippen MR) is 66.5 cm³/mol. The van der Waals surface area contributed by atoms with Crippen LogP contribution in [0.1, 0.15) is 20.9 Å². The Bertz CT molecular complexity index is 497. The fraction of sp³-hybridized carbons (Fsp3) is 0.308. The number of nitrogens with zero attached hydrogens (tertiary/aromatic N) is 1.